The lowest BCUT2D eigenvalue weighted by atomic mass is 9.91. The molecule has 1 N–H and O–H groups in total. The zero-order valence-corrected chi connectivity index (χ0v) is 10.1. The van der Waals surface area contributed by atoms with Gasteiger partial charge >= 0.3 is 5.97 Å². The van der Waals surface area contributed by atoms with Crippen molar-refractivity contribution in [2.75, 3.05) is 6.61 Å². The third-order valence-corrected chi connectivity index (χ3v) is 2.21. The molecular formula is C12H17NO3. The van der Waals surface area contributed by atoms with Gasteiger partial charge in [0, 0.05) is 11.1 Å². The highest BCUT2D eigenvalue weighted by atomic mass is 16.5. The second kappa shape index (κ2) is 4.51. The highest BCUT2D eigenvalue weighted by Crippen LogP contribution is 2.18. The maximum Gasteiger partial charge on any atom is 0.343 e. The minimum Gasteiger partial charge on any atom is -0.462 e. The van der Waals surface area contributed by atoms with Crippen LogP contribution in [0.2, 0.25) is 0 Å². The number of rotatable bonds is 2. The normalized spacial score (nSPS) is 11.2. The summed E-state index contributed by atoms with van der Waals surface area (Å²) in [7, 11) is 0. The number of pyridine rings is 1. The van der Waals surface area contributed by atoms with Crippen LogP contribution in [0.25, 0.3) is 0 Å². The number of carbonyl (C=O) groups is 1. The standard InChI is InChI=1S/C12H17NO3/c1-5-16-11(15)8-6-7-9(12(2,3)4)13-10(8)14/h6-7H,5H2,1-4H3,(H,13,14). The van der Waals surface area contributed by atoms with Gasteiger partial charge in [0.1, 0.15) is 5.56 Å². The van der Waals surface area contributed by atoms with E-state index in [2.05, 4.69) is 4.98 Å². The quantitative estimate of drug-likeness (QED) is 0.778. The minimum absolute atomic E-state index is 0.0508. The molecule has 0 saturated carbocycles. The summed E-state index contributed by atoms with van der Waals surface area (Å²) in [6, 6.07) is 3.26. The largest absolute Gasteiger partial charge is 0.462 e. The van der Waals surface area contributed by atoms with Crippen molar-refractivity contribution in [3.8, 4) is 0 Å². The second-order valence-electron chi connectivity index (χ2n) is 4.59. The van der Waals surface area contributed by atoms with E-state index in [0.717, 1.165) is 5.69 Å². The van der Waals surface area contributed by atoms with Gasteiger partial charge in [0.2, 0.25) is 0 Å². The number of carbonyl (C=O) groups excluding carboxylic acids is 1. The monoisotopic (exact) mass is 223 g/mol. The molecule has 1 rings (SSSR count). The average molecular weight is 223 g/mol. The molecule has 88 valence electrons. The summed E-state index contributed by atoms with van der Waals surface area (Å²) >= 11 is 0. The third-order valence-electron chi connectivity index (χ3n) is 2.21. The van der Waals surface area contributed by atoms with Crippen molar-refractivity contribution in [3.63, 3.8) is 0 Å². The number of nitrogens with one attached hydrogen (secondary N) is 1. The van der Waals surface area contributed by atoms with Crippen LogP contribution in [-0.2, 0) is 10.2 Å². The van der Waals surface area contributed by atoms with Crippen molar-refractivity contribution in [2.45, 2.75) is 33.1 Å². The van der Waals surface area contributed by atoms with Crippen molar-refractivity contribution in [2.24, 2.45) is 0 Å². The predicted molar refractivity (Wildman–Crippen MR) is 61.7 cm³/mol. The zero-order valence-electron chi connectivity index (χ0n) is 10.1. The summed E-state index contributed by atoms with van der Waals surface area (Å²) in [5, 5.41) is 0. The summed E-state index contributed by atoms with van der Waals surface area (Å²) in [6.07, 6.45) is 0. The van der Waals surface area contributed by atoms with Crippen LogP contribution in [0.3, 0.4) is 0 Å². The molecule has 0 aromatic carbocycles. The van der Waals surface area contributed by atoms with Gasteiger partial charge in [0.05, 0.1) is 6.61 Å². The van der Waals surface area contributed by atoms with Gasteiger partial charge in [0.25, 0.3) is 5.56 Å². The van der Waals surface area contributed by atoms with E-state index in [0.29, 0.717) is 0 Å². The zero-order chi connectivity index (χ0) is 12.3. The Morgan fingerprint density at radius 1 is 1.38 bits per heavy atom. The number of esters is 1. The van der Waals surface area contributed by atoms with Crippen molar-refractivity contribution in [1.82, 2.24) is 4.98 Å². The Kier molecular flexibility index (Phi) is 3.52. The molecule has 4 heteroatoms. The topological polar surface area (TPSA) is 59.2 Å². The fourth-order valence-corrected chi connectivity index (χ4v) is 1.28. The molecule has 0 radical (unpaired) electrons. The van der Waals surface area contributed by atoms with Crippen LogP contribution in [-0.4, -0.2) is 17.6 Å². The summed E-state index contributed by atoms with van der Waals surface area (Å²) in [4.78, 5) is 25.7. The van der Waals surface area contributed by atoms with Crippen LogP contribution in [0.1, 0.15) is 43.7 Å². The van der Waals surface area contributed by atoms with Gasteiger partial charge in [-0.3, -0.25) is 4.79 Å². The fraction of sp³-hybridized carbons (Fsp3) is 0.500. The molecule has 0 unspecified atom stereocenters. The van der Waals surface area contributed by atoms with Crippen molar-refractivity contribution in [3.05, 3.63) is 33.7 Å². The first kappa shape index (κ1) is 12.5. The molecule has 0 aliphatic heterocycles. The third kappa shape index (κ3) is 2.72. The first-order valence-electron chi connectivity index (χ1n) is 5.27. The van der Waals surface area contributed by atoms with Crippen molar-refractivity contribution >= 4 is 5.97 Å². The molecule has 0 atom stereocenters. The molecule has 0 fully saturated rings. The number of H-pyrrole nitrogens is 1. The maximum atomic E-state index is 11.6. The van der Waals surface area contributed by atoms with Gasteiger partial charge in [-0.1, -0.05) is 20.8 Å². The van der Waals surface area contributed by atoms with E-state index in [1.54, 1.807) is 13.0 Å². The van der Waals surface area contributed by atoms with E-state index in [1.165, 1.54) is 6.07 Å². The molecule has 1 heterocycles. The number of aromatic amines is 1. The van der Waals surface area contributed by atoms with E-state index in [4.69, 9.17) is 4.74 Å². The Morgan fingerprint density at radius 3 is 2.44 bits per heavy atom. The summed E-state index contributed by atoms with van der Waals surface area (Å²) in [6.45, 7) is 7.93. The van der Waals surface area contributed by atoms with E-state index < -0.39 is 11.5 Å². The molecule has 16 heavy (non-hydrogen) atoms. The van der Waals surface area contributed by atoms with Gasteiger partial charge < -0.3 is 9.72 Å². The first-order valence-corrected chi connectivity index (χ1v) is 5.27. The van der Waals surface area contributed by atoms with Gasteiger partial charge in [-0.15, -0.1) is 0 Å². The van der Waals surface area contributed by atoms with Crippen molar-refractivity contribution in [1.29, 1.82) is 0 Å². The Balaban J connectivity index is 3.11. The molecule has 1 aromatic rings. The molecular weight excluding hydrogens is 206 g/mol. The van der Waals surface area contributed by atoms with Crippen molar-refractivity contribution < 1.29 is 9.53 Å². The Bertz CT molecular complexity index is 440. The first-order chi connectivity index (χ1) is 7.36. The van der Waals surface area contributed by atoms with Gasteiger partial charge in [-0.05, 0) is 19.1 Å². The average Bonchev–Trinajstić information content (AvgIpc) is 2.16. The molecule has 0 spiro atoms. The number of hydrogen-bond acceptors (Lipinski definition) is 3. The van der Waals surface area contributed by atoms with E-state index in [-0.39, 0.29) is 17.6 Å². The fourth-order valence-electron chi connectivity index (χ4n) is 1.28. The van der Waals surface area contributed by atoms with Crippen LogP contribution < -0.4 is 5.56 Å². The number of hydrogen-bond donors (Lipinski definition) is 1. The molecule has 0 bridgehead atoms. The lowest BCUT2D eigenvalue weighted by molar-refractivity contribution is 0.0524. The highest BCUT2D eigenvalue weighted by molar-refractivity contribution is 5.88. The van der Waals surface area contributed by atoms with Crippen LogP contribution in [0.4, 0.5) is 0 Å². The lowest BCUT2D eigenvalue weighted by Crippen LogP contribution is -2.24. The Labute approximate surface area is 94.6 Å². The molecule has 4 nitrogen and oxygen atoms in total. The number of ether oxygens (including phenoxy) is 1. The molecule has 0 amide bonds. The summed E-state index contributed by atoms with van der Waals surface area (Å²) in [5.41, 5.74) is 0.304. The highest BCUT2D eigenvalue weighted by Gasteiger charge is 2.17. The molecule has 1 aromatic heterocycles. The van der Waals surface area contributed by atoms with E-state index >= 15 is 0 Å². The summed E-state index contributed by atoms with van der Waals surface area (Å²) in [5.74, 6) is -0.579. The van der Waals surface area contributed by atoms with Gasteiger partial charge in [-0.2, -0.15) is 0 Å². The molecule has 0 aliphatic rings. The van der Waals surface area contributed by atoms with E-state index in [9.17, 15) is 9.59 Å². The minimum atomic E-state index is -0.579. The Hall–Kier alpha value is -1.58. The van der Waals surface area contributed by atoms with Gasteiger partial charge in [0.15, 0.2) is 0 Å². The molecule has 0 saturated heterocycles. The predicted octanol–water partition coefficient (Wildman–Crippen LogP) is 1.85. The summed E-state index contributed by atoms with van der Waals surface area (Å²) < 4.78 is 4.78. The maximum absolute atomic E-state index is 11.6. The smallest absolute Gasteiger partial charge is 0.343 e. The molecule has 0 aliphatic carbocycles. The van der Waals surface area contributed by atoms with Crippen LogP contribution in [0.15, 0.2) is 16.9 Å². The number of aromatic nitrogens is 1. The Morgan fingerprint density at radius 2 is 2.00 bits per heavy atom. The van der Waals surface area contributed by atoms with Crippen LogP contribution in [0, 0.1) is 0 Å². The van der Waals surface area contributed by atoms with E-state index in [1.807, 2.05) is 20.8 Å². The van der Waals surface area contributed by atoms with Crippen LogP contribution >= 0.6 is 0 Å². The lowest BCUT2D eigenvalue weighted by Gasteiger charge is -2.18. The van der Waals surface area contributed by atoms with Gasteiger partial charge in [-0.25, -0.2) is 4.79 Å². The van der Waals surface area contributed by atoms with Crippen LogP contribution in [0.5, 0.6) is 0 Å². The second-order valence-corrected chi connectivity index (χ2v) is 4.59. The SMILES string of the molecule is CCOC(=O)c1ccc(C(C)(C)C)[nH]c1=O.